The van der Waals surface area contributed by atoms with Crippen molar-refractivity contribution in [2.45, 2.75) is 39.4 Å². The Bertz CT molecular complexity index is 1500. The molecule has 0 spiro atoms. The quantitative estimate of drug-likeness (QED) is 0.464. The van der Waals surface area contributed by atoms with E-state index in [-0.39, 0.29) is 35.4 Å². The molecule has 188 valence electrons. The monoisotopic (exact) mass is 491 g/mol. The van der Waals surface area contributed by atoms with Crippen molar-refractivity contribution >= 4 is 28.8 Å². The third-order valence-electron chi connectivity index (χ3n) is 6.65. The van der Waals surface area contributed by atoms with E-state index in [1.807, 2.05) is 24.9 Å². The van der Waals surface area contributed by atoms with Gasteiger partial charge in [-0.1, -0.05) is 30.3 Å². The predicted octanol–water partition coefficient (Wildman–Crippen LogP) is 0.575. The second-order valence-corrected chi connectivity index (χ2v) is 9.53. The molecule has 1 fully saturated rings. The highest BCUT2D eigenvalue weighted by molar-refractivity contribution is 5.96. The number of nitrogens with one attached hydrogen (secondary N) is 2. The summed E-state index contributed by atoms with van der Waals surface area (Å²) >= 11 is 0. The Hall–Kier alpha value is -4.15. The molecule has 1 saturated heterocycles. The van der Waals surface area contributed by atoms with Crippen LogP contribution in [0.15, 0.2) is 51.8 Å². The topological polar surface area (TPSA) is 123 Å². The largest absolute Gasteiger partial charge is 0.389 e. The summed E-state index contributed by atoms with van der Waals surface area (Å²) < 4.78 is 3.76. The maximum Gasteiger partial charge on any atom is 0.332 e. The van der Waals surface area contributed by atoms with Gasteiger partial charge in [0.15, 0.2) is 16.9 Å². The van der Waals surface area contributed by atoms with Gasteiger partial charge >= 0.3 is 5.69 Å². The molecule has 4 heterocycles. The summed E-state index contributed by atoms with van der Waals surface area (Å²) in [4.78, 5) is 59.3. The molecule has 0 radical (unpaired) electrons. The molecular formula is C25H29N7O4. The van der Waals surface area contributed by atoms with Crippen molar-refractivity contribution in [1.29, 1.82) is 0 Å². The van der Waals surface area contributed by atoms with E-state index in [2.05, 4.69) is 10.6 Å². The Kier molecular flexibility index (Phi) is 5.99. The summed E-state index contributed by atoms with van der Waals surface area (Å²) in [5.74, 6) is 0.120. The molecule has 11 heteroatoms. The maximum atomic E-state index is 13.7. The summed E-state index contributed by atoms with van der Waals surface area (Å²) in [6.45, 7) is 4.67. The van der Waals surface area contributed by atoms with Gasteiger partial charge in [0.25, 0.3) is 5.56 Å². The van der Waals surface area contributed by atoms with E-state index in [0.717, 1.165) is 23.2 Å². The number of anilines is 1. The fourth-order valence-electron chi connectivity index (χ4n) is 4.93. The minimum absolute atomic E-state index is 0.0850. The van der Waals surface area contributed by atoms with Crippen LogP contribution in [0.25, 0.3) is 11.2 Å². The van der Waals surface area contributed by atoms with Crippen molar-refractivity contribution in [1.82, 2.24) is 29.3 Å². The number of carbonyl (C=O) groups excluding carboxylic acids is 2. The number of hydrogen-bond acceptors (Lipinski definition) is 7. The van der Waals surface area contributed by atoms with Gasteiger partial charge in [0, 0.05) is 49.6 Å². The number of ketones is 1. The number of fused-ring (bicyclic) bond motifs is 2. The second kappa shape index (κ2) is 9.14. The molecule has 1 amide bonds. The van der Waals surface area contributed by atoms with Crippen LogP contribution in [-0.4, -0.2) is 49.5 Å². The Morgan fingerprint density at radius 3 is 2.61 bits per heavy atom. The Morgan fingerprint density at radius 1 is 1.14 bits per heavy atom. The minimum Gasteiger partial charge on any atom is -0.389 e. The molecule has 2 aromatic heterocycles. The van der Waals surface area contributed by atoms with E-state index in [0.29, 0.717) is 24.0 Å². The molecule has 11 nitrogen and oxygen atoms in total. The first kappa shape index (κ1) is 23.6. The van der Waals surface area contributed by atoms with Gasteiger partial charge in [0.2, 0.25) is 11.9 Å². The zero-order valence-corrected chi connectivity index (χ0v) is 20.5. The number of nitrogens with zero attached hydrogens (tertiary/aromatic N) is 5. The van der Waals surface area contributed by atoms with Gasteiger partial charge in [0.05, 0.1) is 6.54 Å². The van der Waals surface area contributed by atoms with Gasteiger partial charge in [-0.2, -0.15) is 4.98 Å². The zero-order valence-electron chi connectivity index (χ0n) is 20.5. The van der Waals surface area contributed by atoms with E-state index in [1.54, 1.807) is 34.9 Å². The van der Waals surface area contributed by atoms with E-state index >= 15 is 0 Å². The third kappa shape index (κ3) is 4.00. The number of hydrogen-bond donors (Lipinski definition) is 2. The number of Topliss-reactive ketones (excluding diaryl/α,β-unsaturated/α-hetero) is 1. The summed E-state index contributed by atoms with van der Waals surface area (Å²) in [5.41, 5.74) is 0.447. The van der Waals surface area contributed by atoms with Crippen LogP contribution in [-0.2, 0) is 24.9 Å². The lowest BCUT2D eigenvalue weighted by molar-refractivity contribution is -0.122. The minimum atomic E-state index is -0.650. The molecule has 36 heavy (non-hydrogen) atoms. The number of amides is 1. The first-order chi connectivity index (χ1) is 17.3. The maximum absolute atomic E-state index is 13.7. The van der Waals surface area contributed by atoms with Crippen LogP contribution in [0.5, 0.6) is 0 Å². The number of benzene rings is 1. The fourth-order valence-corrected chi connectivity index (χ4v) is 4.93. The average Bonchev–Trinajstić information content (AvgIpc) is 3.55. The van der Waals surface area contributed by atoms with Crippen LogP contribution in [0.1, 0.15) is 30.6 Å². The lowest BCUT2D eigenvalue weighted by atomic mass is 10.1. The first-order valence-electron chi connectivity index (χ1n) is 12.0. The summed E-state index contributed by atoms with van der Waals surface area (Å²) in [7, 11) is 1.52. The summed E-state index contributed by atoms with van der Waals surface area (Å²) in [6.07, 6.45) is 2.85. The molecule has 1 atom stereocenters. The zero-order chi connectivity index (χ0) is 25.6. The van der Waals surface area contributed by atoms with Gasteiger partial charge in [-0.25, -0.2) is 4.79 Å². The predicted molar refractivity (Wildman–Crippen MR) is 135 cm³/mol. The molecule has 2 aliphatic rings. The normalized spacial score (nSPS) is 16.8. The van der Waals surface area contributed by atoms with Crippen LogP contribution >= 0.6 is 0 Å². The highest BCUT2D eigenvalue weighted by Crippen LogP contribution is 2.35. The highest BCUT2D eigenvalue weighted by atomic mass is 16.2. The molecule has 3 aromatic rings. The number of imidazole rings is 1. The van der Waals surface area contributed by atoms with E-state index < -0.39 is 17.8 Å². The molecule has 5 rings (SSSR count). The smallest absolute Gasteiger partial charge is 0.332 e. The number of aromatic nitrogens is 4. The van der Waals surface area contributed by atoms with Crippen molar-refractivity contribution in [3.05, 3.63) is 68.6 Å². The molecule has 0 aliphatic carbocycles. The van der Waals surface area contributed by atoms with Gasteiger partial charge in [-0.15, -0.1) is 0 Å². The summed E-state index contributed by atoms with van der Waals surface area (Å²) in [5, 5.41) is 6.10. The van der Waals surface area contributed by atoms with Crippen molar-refractivity contribution in [3.63, 3.8) is 0 Å². The Balaban J connectivity index is 1.67. The second-order valence-electron chi connectivity index (χ2n) is 9.53. The van der Waals surface area contributed by atoms with Crippen molar-refractivity contribution in [2.24, 2.45) is 13.0 Å². The van der Waals surface area contributed by atoms with E-state index in [4.69, 9.17) is 4.98 Å². The van der Waals surface area contributed by atoms with Crippen LogP contribution in [0.3, 0.4) is 0 Å². The van der Waals surface area contributed by atoms with E-state index in [1.165, 1.54) is 11.6 Å². The van der Waals surface area contributed by atoms with Crippen molar-refractivity contribution < 1.29 is 9.59 Å². The van der Waals surface area contributed by atoms with Crippen LogP contribution in [0.4, 0.5) is 5.95 Å². The van der Waals surface area contributed by atoms with Crippen molar-refractivity contribution in [2.75, 3.05) is 18.0 Å². The van der Waals surface area contributed by atoms with Gasteiger partial charge in [-0.3, -0.25) is 28.1 Å². The number of rotatable bonds is 7. The number of aryl methyl sites for hydroxylation is 1. The van der Waals surface area contributed by atoms with Gasteiger partial charge in [0.1, 0.15) is 6.54 Å². The first-order valence-corrected chi connectivity index (χ1v) is 12.0. The molecule has 1 unspecified atom stereocenters. The molecule has 2 aliphatic heterocycles. The summed E-state index contributed by atoms with van der Waals surface area (Å²) in [6, 6.07) is 8.43. The fraction of sp³-hybridized carbons (Fsp3) is 0.400. The Labute approximate surface area is 207 Å². The highest BCUT2D eigenvalue weighted by Gasteiger charge is 2.35. The molecule has 0 saturated carbocycles. The molecule has 1 aromatic carbocycles. The molecule has 2 N–H and O–H groups in total. The average molecular weight is 492 g/mol. The van der Waals surface area contributed by atoms with Crippen molar-refractivity contribution in [3.8, 4) is 0 Å². The Morgan fingerprint density at radius 2 is 1.89 bits per heavy atom. The number of carbonyl (C=O) groups is 2. The van der Waals surface area contributed by atoms with Crippen LogP contribution in [0.2, 0.25) is 0 Å². The van der Waals surface area contributed by atoms with Gasteiger partial charge < -0.3 is 15.5 Å². The van der Waals surface area contributed by atoms with Gasteiger partial charge in [-0.05, 0) is 20.3 Å². The third-order valence-corrected chi connectivity index (χ3v) is 6.65. The standard InChI is InChI=1S/C25H29N7O4/c1-15(2)27-20(34)14-31-21-22(28-24(31)30-10-9-17-11-26-12-18(17)30)29(3)25(36)32(23(21)35)13-19(33)16-7-5-4-6-8-16/h4-8,12,15,17,26H,9-11,13-14H2,1-3H3,(H,27,34). The van der Waals surface area contributed by atoms with Crippen LogP contribution < -0.4 is 26.8 Å². The SMILES string of the molecule is CC(C)NC(=O)Cn1c(N2CCC3CNC=C32)nc2c1c(=O)n(CC(=O)c1ccccc1)c(=O)n2C. The lowest BCUT2D eigenvalue weighted by Gasteiger charge is -2.20. The molecule has 0 bridgehead atoms. The van der Waals surface area contributed by atoms with E-state index in [9.17, 15) is 19.2 Å². The lowest BCUT2D eigenvalue weighted by Crippen LogP contribution is -2.42. The van der Waals surface area contributed by atoms with Crippen LogP contribution in [0, 0.1) is 5.92 Å². The molecular weight excluding hydrogens is 462 g/mol.